The van der Waals surface area contributed by atoms with Crippen molar-refractivity contribution in [1.29, 1.82) is 0 Å². The molecule has 2 aromatic heterocycles. The highest BCUT2D eigenvalue weighted by atomic mass is 35.5. The number of hydrogen-bond acceptors (Lipinski definition) is 4. The zero-order valence-electron chi connectivity index (χ0n) is 9.92. The Kier molecular flexibility index (Phi) is 3.25. The Balaban J connectivity index is 2.27. The lowest BCUT2D eigenvalue weighted by Gasteiger charge is -2.08. The van der Waals surface area contributed by atoms with Gasteiger partial charge in [-0.3, -0.25) is 4.79 Å². The number of aromatic nitrogens is 5. The first-order chi connectivity index (χ1) is 9.65. The predicted octanol–water partition coefficient (Wildman–Crippen LogP) is 2.32. The van der Waals surface area contributed by atoms with Crippen LogP contribution in [0.1, 0.15) is 0 Å². The third kappa shape index (κ3) is 2.31. The zero-order valence-corrected chi connectivity index (χ0v) is 11.4. The Bertz CT molecular complexity index is 826. The molecule has 0 aliphatic carbocycles. The van der Waals surface area contributed by atoms with Crippen molar-refractivity contribution in [3.05, 3.63) is 57.4 Å². The monoisotopic (exact) mass is 307 g/mol. The lowest BCUT2D eigenvalue weighted by molar-refractivity contribution is 0.804. The summed E-state index contributed by atoms with van der Waals surface area (Å²) in [6.45, 7) is 0. The van der Waals surface area contributed by atoms with E-state index in [1.165, 1.54) is 17.2 Å². The molecule has 8 heteroatoms. The van der Waals surface area contributed by atoms with E-state index in [0.29, 0.717) is 21.8 Å². The maximum atomic E-state index is 11.9. The first kappa shape index (κ1) is 12.8. The van der Waals surface area contributed by atoms with Crippen LogP contribution in [-0.2, 0) is 0 Å². The number of benzene rings is 1. The standard InChI is InChI=1S/C12H7Cl2N5O/c13-7-1-2-10(19-5-11(14)17-18-19)8(3-7)9-4-15-6-16-12(9)20/h1-6H,(H,15,16,20). The van der Waals surface area contributed by atoms with Crippen LogP contribution in [0.15, 0.2) is 41.7 Å². The van der Waals surface area contributed by atoms with E-state index in [1.54, 1.807) is 24.4 Å². The predicted molar refractivity (Wildman–Crippen MR) is 75.2 cm³/mol. The van der Waals surface area contributed by atoms with Crippen LogP contribution >= 0.6 is 23.2 Å². The number of hydrogen-bond donors (Lipinski definition) is 1. The highest BCUT2D eigenvalue weighted by molar-refractivity contribution is 6.31. The molecule has 0 saturated heterocycles. The average Bonchev–Trinajstić information content (AvgIpc) is 2.86. The Labute approximate surface area is 123 Å². The second-order valence-electron chi connectivity index (χ2n) is 3.94. The molecule has 3 aromatic rings. The van der Waals surface area contributed by atoms with E-state index in [-0.39, 0.29) is 10.7 Å². The molecule has 0 atom stereocenters. The van der Waals surface area contributed by atoms with Gasteiger partial charge in [-0.25, -0.2) is 9.67 Å². The molecule has 0 saturated carbocycles. The highest BCUT2D eigenvalue weighted by Gasteiger charge is 2.12. The summed E-state index contributed by atoms with van der Waals surface area (Å²) >= 11 is 11.8. The number of aromatic amines is 1. The zero-order chi connectivity index (χ0) is 14.1. The molecule has 3 rings (SSSR count). The molecule has 2 heterocycles. The topological polar surface area (TPSA) is 76.5 Å². The quantitative estimate of drug-likeness (QED) is 0.788. The van der Waals surface area contributed by atoms with E-state index in [0.717, 1.165) is 0 Å². The van der Waals surface area contributed by atoms with Gasteiger partial charge in [0.2, 0.25) is 0 Å². The molecule has 0 amide bonds. The molecule has 0 radical (unpaired) electrons. The van der Waals surface area contributed by atoms with Gasteiger partial charge in [-0.2, -0.15) is 0 Å². The number of H-pyrrole nitrogens is 1. The SMILES string of the molecule is O=c1[nH]cncc1-c1cc(Cl)ccc1-n1cc(Cl)nn1. The van der Waals surface area contributed by atoms with Crippen LogP contribution in [0, 0.1) is 0 Å². The summed E-state index contributed by atoms with van der Waals surface area (Å²) in [5.41, 5.74) is 1.34. The van der Waals surface area contributed by atoms with E-state index < -0.39 is 0 Å². The van der Waals surface area contributed by atoms with Gasteiger partial charge < -0.3 is 4.98 Å². The van der Waals surface area contributed by atoms with Crippen molar-refractivity contribution in [2.24, 2.45) is 0 Å². The van der Waals surface area contributed by atoms with E-state index in [1.807, 2.05) is 0 Å². The fraction of sp³-hybridized carbons (Fsp3) is 0. The summed E-state index contributed by atoms with van der Waals surface area (Å²) in [6, 6.07) is 5.09. The summed E-state index contributed by atoms with van der Waals surface area (Å²) in [5.74, 6) is 0. The van der Waals surface area contributed by atoms with Gasteiger partial charge >= 0.3 is 0 Å². The third-order valence-corrected chi connectivity index (χ3v) is 3.09. The number of halogens is 2. The molecule has 0 aliphatic heterocycles. The normalized spacial score (nSPS) is 10.7. The molecule has 1 N–H and O–H groups in total. The number of rotatable bonds is 2. The molecular weight excluding hydrogens is 301 g/mol. The minimum Gasteiger partial charge on any atom is -0.313 e. The summed E-state index contributed by atoms with van der Waals surface area (Å²) in [4.78, 5) is 18.4. The van der Waals surface area contributed by atoms with Crippen molar-refractivity contribution in [3.63, 3.8) is 0 Å². The summed E-state index contributed by atoms with van der Waals surface area (Å²) in [7, 11) is 0. The Hall–Kier alpha value is -2.18. The lowest BCUT2D eigenvalue weighted by atomic mass is 10.1. The van der Waals surface area contributed by atoms with Crippen LogP contribution in [0.25, 0.3) is 16.8 Å². The Morgan fingerprint density at radius 2 is 2.05 bits per heavy atom. The molecule has 0 unspecified atom stereocenters. The fourth-order valence-electron chi connectivity index (χ4n) is 1.82. The van der Waals surface area contributed by atoms with Crippen LogP contribution in [0.4, 0.5) is 0 Å². The minimum absolute atomic E-state index is 0.256. The van der Waals surface area contributed by atoms with E-state index in [4.69, 9.17) is 23.2 Å². The van der Waals surface area contributed by atoms with Crippen LogP contribution < -0.4 is 5.56 Å². The first-order valence-corrected chi connectivity index (χ1v) is 6.31. The number of nitrogens with zero attached hydrogens (tertiary/aromatic N) is 4. The van der Waals surface area contributed by atoms with Crippen molar-refractivity contribution in [2.75, 3.05) is 0 Å². The molecular formula is C12H7Cl2N5O. The molecule has 6 nitrogen and oxygen atoms in total. The average molecular weight is 308 g/mol. The van der Waals surface area contributed by atoms with Gasteiger partial charge in [0, 0.05) is 16.8 Å². The van der Waals surface area contributed by atoms with Gasteiger partial charge in [0.05, 0.1) is 23.8 Å². The van der Waals surface area contributed by atoms with Gasteiger partial charge in [-0.05, 0) is 18.2 Å². The summed E-state index contributed by atoms with van der Waals surface area (Å²) in [6.07, 6.45) is 4.33. The van der Waals surface area contributed by atoms with Gasteiger partial charge in [-0.15, -0.1) is 5.10 Å². The van der Waals surface area contributed by atoms with E-state index in [9.17, 15) is 4.79 Å². The van der Waals surface area contributed by atoms with Gasteiger partial charge in [0.15, 0.2) is 5.15 Å². The van der Waals surface area contributed by atoms with Crippen LogP contribution in [0.3, 0.4) is 0 Å². The lowest BCUT2D eigenvalue weighted by Crippen LogP contribution is -2.10. The van der Waals surface area contributed by atoms with Crippen LogP contribution in [0.5, 0.6) is 0 Å². The van der Waals surface area contributed by atoms with Crippen molar-refractivity contribution >= 4 is 23.2 Å². The molecule has 0 fully saturated rings. The molecule has 0 bridgehead atoms. The van der Waals surface area contributed by atoms with E-state index in [2.05, 4.69) is 20.3 Å². The first-order valence-electron chi connectivity index (χ1n) is 5.56. The van der Waals surface area contributed by atoms with Crippen LogP contribution in [0.2, 0.25) is 10.2 Å². The third-order valence-electron chi connectivity index (χ3n) is 2.68. The summed E-state index contributed by atoms with van der Waals surface area (Å²) in [5, 5.41) is 8.36. The number of nitrogens with one attached hydrogen (secondary N) is 1. The van der Waals surface area contributed by atoms with Gasteiger partial charge in [0.25, 0.3) is 5.56 Å². The Morgan fingerprint density at radius 1 is 1.20 bits per heavy atom. The van der Waals surface area contributed by atoms with Gasteiger partial charge in [-0.1, -0.05) is 28.4 Å². The fourth-order valence-corrected chi connectivity index (χ4v) is 2.12. The smallest absolute Gasteiger partial charge is 0.258 e. The van der Waals surface area contributed by atoms with Crippen molar-refractivity contribution in [1.82, 2.24) is 25.0 Å². The van der Waals surface area contributed by atoms with E-state index >= 15 is 0 Å². The highest BCUT2D eigenvalue weighted by Crippen LogP contribution is 2.27. The molecule has 20 heavy (non-hydrogen) atoms. The molecule has 0 spiro atoms. The minimum atomic E-state index is -0.269. The van der Waals surface area contributed by atoms with Gasteiger partial charge in [0.1, 0.15) is 0 Å². The molecule has 100 valence electrons. The van der Waals surface area contributed by atoms with Crippen molar-refractivity contribution in [3.8, 4) is 16.8 Å². The maximum absolute atomic E-state index is 11.9. The molecule has 0 aliphatic rings. The second kappa shape index (κ2) is 5.07. The van der Waals surface area contributed by atoms with Crippen molar-refractivity contribution in [2.45, 2.75) is 0 Å². The Morgan fingerprint density at radius 3 is 2.75 bits per heavy atom. The largest absolute Gasteiger partial charge is 0.313 e. The summed E-state index contributed by atoms with van der Waals surface area (Å²) < 4.78 is 1.47. The van der Waals surface area contributed by atoms with Crippen LogP contribution in [-0.4, -0.2) is 25.0 Å². The van der Waals surface area contributed by atoms with Crippen molar-refractivity contribution < 1.29 is 0 Å². The second-order valence-corrected chi connectivity index (χ2v) is 4.77. The maximum Gasteiger partial charge on any atom is 0.258 e. The molecule has 1 aromatic carbocycles.